The highest BCUT2D eigenvalue weighted by Crippen LogP contribution is 2.10. The van der Waals surface area contributed by atoms with E-state index in [1.54, 1.807) is 12.2 Å². The Morgan fingerprint density at radius 2 is 2.00 bits per heavy atom. The Morgan fingerprint density at radius 1 is 1.42 bits per heavy atom. The second-order valence-electron chi connectivity index (χ2n) is 3.06. The van der Waals surface area contributed by atoms with E-state index in [1.807, 2.05) is 20.8 Å². The zero-order valence-corrected chi connectivity index (χ0v) is 8.10. The quantitative estimate of drug-likeness (QED) is 0.556. The summed E-state index contributed by atoms with van der Waals surface area (Å²) in [7, 11) is 0. The topological polar surface area (TPSA) is 0 Å². The maximum Gasteiger partial charge on any atom is 0.119 e. The van der Waals surface area contributed by atoms with Gasteiger partial charge >= 0.3 is 0 Å². The zero-order chi connectivity index (χ0) is 9.56. The molecule has 68 valence electrons. The monoisotopic (exact) mass is 168 g/mol. The molecule has 0 heterocycles. The van der Waals surface area contributed by atoms with Gasteiger partial charge in [0.1, 0.15) is 5.83 Å². The molecule has 0 aromatic rings. The first-order valence-electron chi connectivity index (χ1n) is 4.30. The molecule has 0 rings (SSSR count). The van der Waals surface area contributed by atoms with Gasteiger partial charge < -0.3 is 0 Å². The van der Waals surface area contributed by atoms with E-state index in [2.05, 4.69) is 6.58 Å². The van der Waals surface area contributed by atoms with Crippen LogP contribution in [0.1, 0.15) is 27.2 Å². The first-order chi connectivity index (χ1) is 5.57. The van der Waals surface area contributed by atoms with Crippen molar-refractivity contribution in [2.24, 2.45) is 5.92 Å². The lowest BCUT2D eigenvalue weighted by molar-refractivity contribution is 0.660. The SMILES string of the molecule is C=C(/C=C\C(F)=C/CC)C(C)C. The summed E-state index contributed by atoms with van der Waals surface area (Å²) in [5.41, 5.74) is 0.953. The summed E-state index contributed by atoms with van der Waals surface area (Å²) < 4.78 is 12.8. The summed E-state index contributed by atoms with van der Waals surface area (Å²) in [5.74, 6) is 0.204. The molecule has 0 N–H and O–H groups in total. The smallest absolute Gasteiger partial charge is 0.119 e. The van der Waals surface area contributed by atoms with Crippen LogP contribution in [-0.4, -0.2) is 0 Å². The summed E-state index contributed by atoms with van der Waals surface area (Å²) in [4.78, 5) is 0. The number of hydrogen-bond donors (Lipinski definition) is 0. The average molecular weight is 168 g/mol. The van der Waals surface area contributed by atoms with Crippen LogP contribution in [-0.2, 0) is 0 Å². The second-order valence-corrected chi connectivity index (χ2v) is 3.06. The van der Waals surface area contributed by atoms with E-state index in [0.717, 1.165) is 12.0 Å². The number of rotatable bonds is 4. The summed E-state index contributed by atoms with van der Waals surface area (Å²) in [6, 6.07) is 0. The molecule has 0 unspecified atom stereocenters. The van der Waals surface area contributed by atoms with Crippen molar-refractivity contribution < 1.29 is 4.39 Å². The van der Waals surface area contributed by atoms with Gasteiger partial charge in [-0.25, -0.2) is 4.39 Å². The molecule has 0 spiro atoms. The van der Waals surface area contributed by atoms with Crippen LogP contribution in [0.5, 0.6) is 0 Å². The van der Waals surface area contributed by atoms with E-state index in [0.29, 0.717) is 5.92 Å². The molecule has 1 heteroatoms. The van der Waals surface area contributed by atoms with Gasteiger partial charge in [-0.05, 0) is 24.5 Å². The van der Waals surface area contributed by atoms with Crippen molar-refractivity contribution in [3.63, 3.8) is 0 Å². The Morgan fingerprint density at radius 3 is 2.42 bits per heavy atom. The highest BCUT2D eigenvalue weighted by Gasteiger charge is 1.94. The van der Waals surface area contributed by atoms with Gasteiger partial charge in [-0.3, -0.25) is 0 Å². The van der Waals surface area contributed by atoms with Crippen LogP contribution in [0.4, 0.5) is 4.39 Å². The number of halogens is 1. The van der Waals surface area contributed by atoms with Crippen molar-refractivity contribution in [2.45, 2.75) is 27.2 Å². The normalized spacial score (nSPS) is 12.9. The van der Waals surface area contributed by atoms with Crippen molar-refractivity contribution in [3.05, 3.63) is 36.2 Å². The minimum atomic E-state index is -0.181. The molecule has 12 heavy (non-hydrogen) atoms. The lowest BCUT2D eigenvalue weighted by Gasteiger charge is -2.01. The van der Waals surface area contributed by atoms with Crippen LogP contribution < -0.4 is 0 Å². The van der Waals surface area contributed by atoms with Crippen molar-refractivity contribution in [2.75, 3.05) is 0 Å². The molecule has 0 bridgehead atoms. The van der Waals surface area contributed by atoms with Gasteiger partial charge in [0.2, 0.25) is 0 Å². The van der Waals surface area contributed by atoms with Gasteiger partial charge in [0.25, 0.3) is 0 Å². The molecule has 0 fully saturated rings. The maximum absolute atomic E-state index is 12.8. The van der Waals surface area contributed by atoms with Crippen molar-refractivity contribution in [3.8, 4) is 0 Å². The van der Waals surface area contributed by atoms with Crippen LogP contribution in [0.15, 0.2) is 36.2 Å². The highest BCUT2D eigenvalue weighted by molar-refractivity contribution is 5.23. The molecule has 0 saturated carbocycles. The minimum absolute atomic E-state index is 0.181. The van der Waals surface area contributed by atoms with Crippen LogP contribution in [0.2, 0.25) is 0 Å². The Kier molecular flexibility index (Phi) is 5.35. The first kappa shape index (κ1) is 11.2. The third-order valence-corrected chi connectivity index (χ3v) is 1.60. The van der Waals surface area contributed by atoms with E-state index in [-0.39, 0.29) is 5.83 Å². The fourth-order valence-electron chi connectivity index (χ4n) is 0.642. The first-order valence-corrected chi connectivity index (χ1v) is 4.30. The fraction of sp³-hybridized carbons (Fsp3) is 0.455. The van der Waals surface area contributed by atoms with Crippen LogP contribution >= 0.6 is 0 Å². The molecule has 0 atom stereocenters. The molecular formula is C11H17F. The molecule has 0 radical (unpaired) electrons. The molecule has 0 amide bonds. The second kappa shape index (κ2) is 5.76. The fourth-order valence-corrected chi connectivity index (χ4v) is 0.642. The summed E-state index contributed by atoms with van der Waals surface area (Å²) in [6.07, 6.45) is 5.46. The number of hydrogen-bond acceptors (Lipinski definition) is 0. The molecule has 0 aromatic heterocycles. The van der Waals surface area contributed by atoms with Gasteiger partial charge in [-0.15, -0.1) is 0 Å². The van der Waals surface area contributed by atoms with Crippen molar-refractivity contribution >= 4 is 0 Å². The average Bonchev–Trinajstić information content (AvgIpc) is 2.00. The van der Waals surface area contributed by atoms with Gasteiger partial charge in [0.05, 0.1) is 0 Å². The maximum atomic E-state index is 12.8. The Hall–Kier alpha value is -0.850. The van der Waals surface area contributed by atoms with Crippen LogP contribution in [0, 0.1) is 5.92 Å². The predicted octanol–water partition coefficient (Wildman–Crippen LogP) is 4.02. The largest absolute Gasteiger partial charge is 0.207 e. The lowest BCUT2D eigenvalue weighted by atomic mass is 10.1. The molecular weight excluding hydrogens is 151 g/mol. The summed E-state index contributed by atoms with van der Waals surface area (Å²) >= 11 is 0. The van der Waals surface area contributed by atoms with E-state index in [4.69, 9.17) is 0 Å². The third kappa shape index (κ3) is 4.89. The highest BCUT2D eigenvalue weighted by atomic mass is 19.1. The number of allylic oxidation sites excluding steroid dienone is 5. The molecule has 0 aliphatic rings. The summed E-state index contributed by atoms with van der Waals surface area (Å²) in [5, 5.41) is 0. The zero-order valence-electron chi connectivity index (χ0n) is 8.10. The molecule has 0 aliphatic carbocycles. The van der Waals surface area contributed by atoms with E-state index in [1.165, 1.54) is 6.08 Å². The van der Waals surface area contributed by atoms with Gasteiger partial charge in [-0.1, -0.05) is 39.0 Å². The summed E-state index contributed by atoms with van der Waals surface area (Å²) in [6.45, 7) is 9.78. The Labute approximate surface area is 74.5 Å². The van der Waals surface area contributed by atoms with E-state index >= 15 is 0 Å². The molecule has 0 saturated heterocycles. The van der Waals surface area contributed by atoms with Crippen LogP contribution in [0.3, 0.4) is 0 Å². The van der Waals surface area contributed by atoms with Crippen LogP contribution in [0.25, 0.3) is 0 Å². The standard InChI is InChI=1S/C11H17F/c1-5-6-11(12)8-7-10(4)9(2)3/h6-9H,4-5H2,1-3H3/b8-7-,11-6+. The predicted molar refractivity (Wildman–Crippen MR) is 52.6 cm³/mol. The van der Waals surface area contributed by atoms with Gasteiger partial charge in [0.15, 0.2) is 0 Å². The molecule has 0 aliphatic heterocycles. The van der Waals surface area contributed by atoms with Gasteiger partial charge in [0, 0.05) is 0 Å². The third-order valence-electron chi connectivity index (χ3n) is 1.60. The van der Waals surface area contributed by atoms with Crippen molar-refractivity contribution in [1.29, 1.82) is 0 Å². The van der Waals surface area contributed by atoms with E-state index in [9.17, 15) is 4.39 Å². The lowest BCUT2D eigenvalue weighted by Crippen LogP contribution is -1.86. The molecule has 0 nitrogen and oxygen atoms in total. The van der Waals surface area contributed by atoms with Crippen molar-refractivity contribution in [1.82, 2.24) is 0 Å². The van der Waals surface area contributed by atoms with Gasteiger partial charge in [-0.2, -0.15) is 0 Å². The Bertz CT molecular complexity index is 197. The Balaban J connectivity index is 4.07. The molecule has 0 aromatic carbocycles. The van der Waals surface area contributed by atoms with E-state index < -0.39 is 0 Å². The minimum Gasteiger partial charge on any atom is -0.207 e.